The number of carbonyl (C=O) groups is 6. The van der Waals surface area contributed by atoms with Crippen LogP contribution in [-0.2, 0) is 16.0 Å². The Balaban J connectivity index is 0.000000838. The smallest absolute Gasteiger partial charge is 0.475 e. The minimum atomic E-state index is -5.08. The fraction of sp³-hybridized carbons (Fsp3) is 0.167. The number of carboxylic acid groups (broad SMARTS) is 1. The fourth-order valence-corrected chi connectivity index (χ4v) is 4.30. The lowest BCUT2D eigenvalue weighted by Gasteiger charge is -2.19. The van der Waals surface area contributed by atoms with E-state index < -0.39 is 30.0 Å². The van der Waals surface area contributed by atoms with Gasteiger partial charge in [0.05, 0.1) is 0 Å². The number of carboxylic acids is 1. The Morgan fingerprint density at radius 2 is 1.12 bits per heavy atom. The molecule has 0 unspecified atom stereocenters. The highest BCUT2D eigenvalue weighted by Gasteiger charge is 2.38. The van der Waals surface area contributed by atoms with Gasteiger partial charge < -0.3 is 21.1 Å². The summed E-state index contributed by atoms with van der Waals surface area (Å²) >= 11 is 0. The number of rotatable bonds is 12. The number of carbonyl (C=O) groups excluding carboxylic acids is 5. The van der Waals surface area contributed by atoms with E-state index in [-0.39, 0.29) is 37.0 Å². The number of hydrogen-bond acceptors (Lipinski definition) is 6. The van der Waals surface area contributed by atoms with E-state index in [0.29, 0.717) is 27.8 Å². The average molecular weight is 676 g/mol. The molecule has 49 heavy (non-hydrogen) atoms. The first-order chi connectivity index (χ1) is 23.3. The lowest BCUT2D eigenvalue weighted by molar-refractivity contribution is -0.192. The van der Waals surface area contributed by atoms with Crippen molar-refractivity contribution in [1.29, 1.82) is 0 Å². The first-order valence-electron chi connectivity index (χ1n) is 14.8. The summed E-state index contributed by atoms with van der Waals surface area (Å²) in [5, 5.41) is 15.4. The maximum absolute atomic E-state index is 13.1. The van der Waals surface area contributed by atoms with Gasteiger partial charge in [0.1, 0.15) is 6.04 Å². The SMILES string of the molecule is CC(=O)c1cccc(C(=O)NCCNC(=O)[C@H](Cc2ccccc2)NC(=O)c2ccc(C(=O)c3ccccc3)cc2)c1.O=C(O)C(F)(F)F. The van der Waals surface area contributed by atoms with E-state index in [2.05, 4.69) is 16.0 Å². The molecule has 0 aliphatic heterocycles. The van der Waals surface area contributed by atoms with Gasteiger partial charge in [-0.05, 0) is 36.8 Å². The molecule has 254 valence electrons. The maximum Gasteiger partial charge on any atom is 0.490 e. The summed E-state index contributed by atoms with van der Waals surface area (Å²) in [7, 11) is 0. The van der Waals surface area contributed by atoms with Crippen LogP contribution in [0.3, 0.4) is 0 Å². The van der Waals surface area contributed by atoms with Gasteiger partial charge in [0.15, 0.2) is 11.6 Å². The third-order valence-electron chi connectivity index (χ3n) is 6.83. The number of aliphatic carboxylic acids is 1. The number of nitrogens with one attached hydrogen (secondary N) is 3. The second-order valence-electron chi connectivity index (χ2n) is 10.5. The molecule has 13 heteroatoms. The standard InChI is InChI=1S/C34H31N3O5.C2HF3O2/c1-23(38)28-13-8-14-29(22-28)32(40)35-19-20-36-34(42)30(21-24-9-4-2-5-10-24)37-33(41)27-17-15-26(16-18-27)31(39)25-11-6-3-7-12-25;3-2(4,5)1(6)7/h2-18,22,30H,19-21H2,1H3,(H,35,40)(H,36,42)(H,37,41);(H,6,7)/t30-;/m0./s1. The van der Waals surface area contributed by atoms with Crippen molar-refractivity contribution in [2.75, 3.05) is 13.1 Å². The van der Waals surface area contributed by atoms with Crippen LogP contribution in [0.5, 0.6) is 0 Å². The van der Waals surface area contributed by atoms with Crippen LogP contribution in [0.1, 0.15) is 59.5 Å². The largest absolute Gasteiger partial charge is 0.490 e. The molecule has 4 N–H and O–H groups in total. The summed E-state index contributed by atoms with van der Waals surface area (Å²) in [6.45, 7) is 1.71. The van der Waals surface area contributed by atoms with Crippen molar-refractivity contribution in [2.24, 2.45) is 0 Å². The molecule has 4 aromatic carbocycles. The molecule has 10 nitrogen and oxygen atoms in total. The van der Waals surface area contributed by atoms with E-state index in [0.717, 1.165) is 5.56 Å². The highest BCUT2D eigenvalue weighted by Crippen LogP contribution is 2.14. The fourth-order valence-electron chi connectivity index (χ4n) is 4.30. The normalized spacial score (nSPS) is 11.2. The molecule has 4 rings (SSSR count). The molecular weight excluding hydrogens is 643 g/mol. The highest BCUT2D eigenvalue weighted by molar-refractivity contribution is 6.09. The van der Waals surface area contributed by atoms with Crippen LogP contribution in [-0.4, -0.2) is 65.7 Å². The Bertz CT molecular complexity index is 1780. The van der Waals surface area contributed by atoms with Crippen molar-refractivity contribution in [2.45, 2.75) is 25.6 Å². The van der Waals surface area contributed by atoms with Crippen LogP contribution in [0.4, 0.5) is 13.2 Å². The van der Waals surface area contributed by atoms with Gasteiger partial charge in [-0.3, -0.25) is 24.0 Å². The van der Waals surface area contributed by atoms with Gasteiger partial charge in [-0.15, -0.1) is 0 Å². The monoisotopic (exact) mass is 675 g/mol. The van der Waals surface area contributed by atoms with Crippen molar-refractivity contribution >= 4 is 35.3 Å². The molecule has 0 saturated carbocycles. The van der Waals surface area contributed by atoms with Gasteiger partial charge in [-0.1, -0.05) is 84.9 Å². The number of alkyl halides is 3. The molecular formula is C36H32F3N3O7. The maximum atomic E-state index is 13.1. The van der Waals surface area contributed by atoms with Gasteiger partial charge in [0.2, 0.25) is 5.91 Å². The van der Waals surface area contributed by atoms with E-state index in [9.17, 15) is 37.1 Å². The Kier molecular flexibility index (Phi) is 13.5. The average Bonchev–Trinajstić information content (AvgIpc) is 3.10. The van der Waals surface area contributed by atoms with Gasteiger partial charge in [-0.25, -0.2) is 4.79 Å². The number of hydrogen-bond donors (Lipinski definition) is 4. The summed E-state index contributed by atoms with van der Waals surface area (Å²) in [5.41, 5.74) is 2.96. The Hall–Kier alpha value is -6.11. The van der Waals surface area contributed by atoms with E-state index in [1.54, 1.807) is 66.7 Å². The number of amides is 3. The van der Waals surface area contributed by atoms with E-state index >= 15 is 0 Å². The first-order valence-corrected chi connectivity index (χ1v) is 14.8. The van der Waals surface area contributed by atoms with Gasteiger partial charge in [0, 0.05) is 47.3 Å². The van der Waals surface area contributed by atoms with E-state index in [1.807, 2.05) is 36.4 Å². The van der Waals surface area contributed by atoms with Crippen LogP contribution >= 0.6 is 0 Å². The molecule has 0 aliphatic carbocycles. The lowest BCUT2D eigenvalue weighted by Crippen LogP contribution is -2.49. The molecule has 4 aromatic rings. The molecule has 0 saturated heterocycles. The predicted octanol–water partition coefficient (Wildman–Crippen LogP) is 4.64. The third kappa shape index (κ3) is 11.9. The molecule has 0 bridgehead atoms. The van der Waals surface area contributed by atoms with Crippen LogP contribution in [0.15, 0.2) is 109 Å². The highest BCUT2D eigenvalue weighted by atomic mass is 19.4. The van der Waals surface area contributed by atoms with Crippen molar-refractivity contribution in [1.82, 2.24) is 16.0 Å². The van der Waals surface area contributed by atoms with Gasteiger partial charge in [-0.2, -0.15) is 13.2 Å². The minimum Gasteiger partial charge on any atom is -0.475 e. The molecule has 0 heterocycles. The Labute approximate surface area is 279 Å². The lowest BCUT2D eigenvalue weighted by atomic mass is 10.0. The van der Waals surface area contributed by atoms with Crippen LogP contribution in [0, 0.1) is 0 Å². The second kappa shape index (κ2) is 17.7. The molecule has 0 fully saturated rings. The van der Waals surface area contributed by atoms with Crippen molar-refractivity contribution in [3.05, 3.63) is 143 Å². The first kappa shape index (κ1) is 37.3. The third-order valence-corrected chi connectivity index (χ3v) is 6.83. The summed E-state index contributed by atoms with van der Waals surface area (Å²) in [5.74, 6) is -4.27. The summed E-state index contributed by atoms with van der Waals surface area (Å²) in [4.78, 5) is 71.9. The molecule has 1 atom stereocenters. The van der Waals surface area contributed by atoms with Crippen molar-refractivity contribution in [3.8, 4) is 0 Å². The summed E-state index contributed by atoms with van der Waals surface area (Å²) in [6.07, 6.45) is -4.83. The number of halogens is 3. The molecule has 0 aliphatic rings. The Morgan fingerprint density at radius 3 is 1.69 bits per heavy atom. The number of benzene rings is 4. The zero-order valence-electron chi connectivity index (χ0n) is 26.1. The van der Waals surface area contributed by atoms with E-state index in [4.69, 9.17) is 9.90 Å². The molecule has 0 radical (unpaired) electrons. The van der Waals surface area contributed by atoms with Crippen molar-refractivity contribution < 1.29 is 47.0 Å². The van der Waals surface area contributed by atoms with Crippen LogP contribution in [0.25, 0.3) is 0 Å². The van der Waals surface area contributed by atoms with Gasteiger partial charge in [0.25, 0.3) is 11.8 Å². The van der Waals surface area contributed by atoms with E-state index in [1.165, 1.54) is 13.0 Å². The second-order valence-corrected chi connectivity index (χ2v) is 10.5. The number of ketones is 2. The minimum absolute atomic E-state index is 0.133. The number of Topliss-reactive ketones (excluding diaryl/α,β-unsaturated/α-hetero) is 1. The Morgan fingerprint density at radius 1 is 0.633 bits per heavy atom. The van der Waals surface area contributed by atoms with Gasteiger partial charge >= 0.3 is 12.1 Å². The molecule has 0 aromatic heterocycles. The zero-order chi connectivity index (χ0) is 36.0. The molecule has 3 amide bonds. The topological polar surface area (TPSA) is 159 Å². The predicted molar refractivity (Wildman–Crippen MR) is 173 cm³/mol. The van der Waals surface area contributed by atoms with Crippen molar-refractivity contribution in [3.63, 3.8) is 0 Å². The quantitative estimate of drug-likeness (QED) is 0.126. The van der Waals surface area contributed by atoms with Crippen LogP contribution < -0.4 is 16.0 Å². The van der Waals surface area contributed by atoms with Crippen LogP contribution in [0.2, 0.25) is 0 Å². The summed E-state index contributed by atoms with van der Waals surface area (Å²) < 4.78 is 31.7. The zero-order valence-corrected chi connectivity index (χ0v) is 26.1. The summed E-state index contributed by atoms with van der Waals surface area (Å²) in [6, 6.07) is 30.0. The molecule has 0 spiro atoms.